The lowest BCUT2D eigenvalue weighted by molar-refractivity contribution is -0.143. The summed E-state index contributed by atoms with van der Waals surface area (Å²) in [5.41, 5.74) is 0.892. The van der Waals surface area contributed by atoms with Crippen LogP contribution in [-0.2, 0) is 9.59 Å². The molecule has 0 unspecified atom stereocenters. The monoisotopic (exact) mass is 320 g/mol. The number of aromatic nitrogens is 1. The molecule has 0 bridgehead atoms. The number of carboxylic acid groups (broad SMARTS) is 1. The number of thioether (sulfide) groups is 1. The van der Waals surface area contributed by atoms with E-state index >= 15 is 0 Å². The predicted molar refractivity (Wildman–Crippen MR) is 83.4 cm³/mol. The largest absolute Gasteiger partial charge is 0.480 e. The van der Waals surface area contributed by atoms with Gasteiger partial charge in [-0.05, 0) is 12.1 Å². The second-order valence-corrected chi connectivity index (χ2v) is 6.34. The third-order valence-corrected chi connectivity index (χ3v) is 4.72. The maximum absolute atomic E-state index is 12.0. The van der Waals surface area contributed by atoms with Crippen molar-refractivity contribution in [2.75, 3.05) is 18.8 Å². The molecule has 0 spiro atoms. The van der Waals surface area contributed by atoms with E-state index in [9.17, 15) is 9.59 Å². The average molecular weight is 320 g/mol. The Labute approximate surface area is 130 Å². The van der Waals surface area contributed by atoms with Gasteiger partial charge >= 0.3 is 5.97 Å². The number of thiazole rings is 1. The molecule has 1 heterocycles. The number of hydrogen-bond donors (Lipinski definition) is 1. The Morgan fingerprint density at radius 2 is 2.19 bits per heavy atom. The number of terminal acetylenes is 1. The van der Waals surface area contributed by atoms with Crippen molar-refractivity contribution in [3.8, 4) is 12.3 Å². The molecule has 108 valence electrons. The number of carbonyl (C=O) groups excluding carboxylic acids is 1. The van der Waals surface area contributed by atoms with Crippen LogP contribution in [0, 0.1) is 12.3 Å². The van der Waals surface area contributed by atoms with Gasteiger partial charge in [-0.3, -0.25) is 9.59 Å². The quantitative estimate of drug-likeness (QED) is 0.650. The molecule has 2 rings (SSSR count). The molecule has 0 saturated carbocycles. The van der Waals surface area contributed by atoms with Gasteiger partial charge < -0.3 is 10.0 Å². The molecule has 0 fully saturated rings. The summed E-state index contributed by atoms with van der Waals surface area (Å²) in [6.07, 6.45) is 5.15. The second-order valence-electron chi connectivity index (χ2n) is 4.08. The van der Waals surface area contributed by atoms with Gasteiger partial charge in [-0.25, -0.2) is 4.98 Å². The van der Waals surface area contributed by atoms with Crippen molar-refractivity contribution in [3.05, 3.63) is 24.3 Å². The van der Waals surface area contributed by atoms with E-state index < -0.39 is 5.97 Å². The van der Waals surface area contributed by atoms with Gasteiger partial charge in [-0.15, -0.1) is 17.8 Å². The maximum atomic E-state index is 12.0. The van der Waals surface area contributed by atoms with Gasteiger partial charge in [0.25, 0.3) is 0 Å². The number of amides is 1. The topological polar surface area (TPSA) is 70.5 Å². The maximum Gasteiger partial charge on any atom is 0.323 e. The lowest BCUT2D eigenvalue weighted by Gasteiger charge is -2.17. The molecule has 0 aliphatic heterocycles. The van der Waals surface area contributed by atoms with Crippen molar-refractivity contribution in [1.29, 1.82) is 0 Å². The van der Waals surface area contributed by atoms with E-state index in [1.54, 1.807) is 0 Å². The van der Waals surface area contributed by atoms with E-state index in [1.807, 2.05) is 24.3 Å². The Bertz CT molecular complexity index is 673. The van der Waals surface area contributed by atoms with E-state index in [-0.39, 0.29) is 24.7 Å². The molecular formula is C14H12N2O3S2. The normalized spacial score (nSPS) is 10.2. The smallest absolute Gasteiger partial charge is 0.323 e. The molecule has 5 nitrogen and oxygen atoms in total. The van der Waals surface area contributed by atoms with Crippen LogP contribution in [0.25, 0.3) is 10.2 Å². The van der Waals surface area contributed by atoms with Crippen molar-refractivity contribution >= 4 is 45.2 Å². The van der Waals surface area contributed by atoms with E-state index in [0.717, 1.165) is 19.5 Å². The van der Waals surface area contributed by atoms with Gasteiger partial charge in [0.1, 0.15) is 6.54 Å². The number of para-hydroxylation sites is 1. The minimum atomic E-state index is -1.08. The molecular weight excluding hydrogens is 308 g/mol. The first-order chi connectivity index (χ1) is 10.1. The van der Waals surface area contributed by atoms with Crippen LogP contribution in [0.2, 0.25) is 0 Å². The molecule has 1 aromatic heterocycles. The van der Waals surface area contributed by atoms with Gasteiger partial charge in [0.05, 0.1) is 22.5 Å². The van der Waals surface area contributed by atoms with Crippen molar-refractivity contribution in [3.63, 3.8) is 0 Å². The van der Waals surface area contributed by atoms with Crippen LogP contribution in [-0.4, -0.2) is 45.7 Å². The molecule has 1 N–H and O–H groups in total. The third-order valence-electron chi connectivity index (χ3n) is 2.55. The molecule has 1 amide bonds. The minimum Gasteiger partial charge on any atom is -0.480 e. The summed E-state index contributed by atoms with van der Waals surface area (Å²) in [5, 5.41) is 8.76. The van der Waals surface area contributed by atoms with Gasteiger partial charge in [-0.1, -0.05) is 29.8 Å². The summed E-state index contributed by atoms with van der Waals surface area (Å²) in [6.45, 7) is -0.394. The number of carboxylic acids is 1. The lowest BCUT2D eigenvalue weighted by Crippen LogP contribution is -2.37. The van der Waals surface area contributed by atoms with Crippen LogP contribution >= 0.6 is 23.1 Å². The highest BCUT2D eigenvalue weighted by atomic mass is 32.2. The summed E-state index contributed by atoms with van der Waals surface area (Å²) in [4.78, 5) is 28.2. The summed E-state index contributed by atoms with van der Waals surface area (Å²) in [7, 11) is 0. The zero-order valence-electron chi connectivity index (χ0n) is 11.0. The molecule has 0 atom stereocenters. The van der Waals surface area contributed by atoms with Gasteiger partial charge in [-0.2, -0.15) is 0 Å². The Kier molecular flexibility index (Phi) is 5.20. The highest BCUT2D eigenvalue weighted by molar-refractivity contribution is 8.01. The van der Waals surface area contributed by atoms with E-state index in [2.05, 4.69) is 10.9 Å². The van der Waals surface area contributed by atoms with Crippen LogP contribution in [0.15, 0.2) is 28.6 Å². The molecule has 2 aromatic rings. The zero-order chi connectivity index (χ0) is 15.2. The molecule has 1 aromatic carbocycles. The Balaban J connectivity index is 1.98. The van der Waals surface area contributed by atoms with Gasteiger partial charge in [0.2, 0.25) is 5.91 Å². The fourth-order valence-electron chi connectivity index (χ4n) is 1.63. The van der Waals surface area contributed by atoms with E-state index in [4.69, 9.17) is 11.5 Å². The summed E-state index contributed by atoms with van der Waals surface area (Å²) < 4.78 is 1.83. The summed E-state index contributed by atoms with van der Waals surface area (Å²) >= 11 is 2.79. The number of benzene rings is 1. The number of carbonyl (C=O) groups is 2. The first kappa shape index (κ1) is 15.4. The summed E-state index contributed by atoms with van der Waals surface area (Å²) in [5.74, 6) is 1.03. The van der Waals surface area contributed by atoms with Gasteiger partial charge in [0, 0.05) is 0 Å². The Morgan fingerprint density at radius 3 is 2.86 bits per heavy atom. The number of nitrogens with zero attached hydrogens (tertiary/aromatic N) is 2. The van der Waals surface area contributed by atoms with E-state index in [0.29, 0.717) is 0 Å². The van der Waals surface area contributed by atoms with Crippen molar-refractivity contribution in [1.82, 2.24) is 9.88 Å². The second kappa shape index (κ2) is 7.11. The van der Waals surface area contributed by atoms with E-state index in [1.165, 1.54) is 23.1 Å². The number of rotatable bonds is 6. The standard InChI is InChI=1S/C14H12N2O3S2/c1-2-7-16(8-13(18)19)12(17)9-20-14-15-10-5-3-4-6-11(10)21-14/h1,3-6H,7-9H2,(H,18,19). The van der Waals surface area contributed by atoms with Crippen LogP contribution < -0.4 is 0 Å². The Hall–Kier alpha value is -2.04. The van der Waals surface area contributed by atoms with Crippen LogP contribution in [0.4, 0.5) is 0 Å². The van der Waals surface area contributed by atoms with Crippen LogP contribution in [0.1, 0.15) is 0 Å². The number of aliphatic carboxylic acids is 1. The SMILES string of the molecule is C#CCN(CC(=O)O)C(=O)CSc1nc2ccccc2s1. The molecule has 0 radical (unpaired) electrons. The fourth-order valence-corrected chi connectivity index (χ4v) is 3.60. The zero-order valence-corrected chi connectivity index (χ0v) is 12.6. The molecule has 21 heavy (non-hydrogen) atoms. The minimum absolute atomic E-state index is 0.00839. The number of hydrogen-bond acceptors (Lipinski definition) is 5. The highest BCUT2D eigenvalue weighted by Crippen LogP contribution is 2.29. The predicted octanol–water partition coefficient (Wildman–Crippen LogP) is 1.93. The Morgan fingerprint density at radius 1 is 1.43 bits per heavy atom. The lowest BCUT2D eigenvalue weighted by atomic mass is 10.3. The fraction of sp³-hybridized carbons (Fsp3) is 0.214. The van der Waals surface area contributed by atoms with Crippen molar-refractivity contribution in [2.24, 2.45) is 0 Å². The molecule has 0 aliphatic carbocycles. The van der Waals surface area contributed by atoms with Crippen LogP contribution in [0.3, 0.4) is 0 Å². The molecule has 0 aliphatic rings. The molecule has 7 heteroatoms. The van der Waals surface area contributed by atoms with Crippen LogP contribution in [0.5, 0.6) is 0 Å². The molecule has 0 saturated heterocycles. The van der Waals surface area contributed by atoms with Gasteiger partial charge in [0.15, 0.2) is 4.34 Å². The average Bonchev–Trinajstić information content (AvgIpc) is 2.86. The van der Waals surface area contributed by atoms with Crippen molar-refractivity contribution in [2.45, 2.75) is 4.34 Å². The highest BCUT2D eigenvalue weighted by Gasteiger charge is 2.16. The first-order valence-corrected chi connectivity index (χ1v) is 7.81. The van der Waals surface area contributed by atoms with Crippen molar-refractivity contribution < 1.29 is 14.7 Å². The summed E-state index contributed by atoms with van der Waals surface area (Å²) in [6, 6.07) is 7.71. The number of fused-ring (bicyclic) bond motifs is 1. The first-order valence-electron chi connectivity index (χ1n) is 6.01. The third kappa shape index (κ3) is 4.21.